The van der Waals surface area contributed by atoms with Crippen molar-refractivity contribution >= 4 is 58.2 Å². The van der Waals surface area contributed by atoms with E-state index in [1.165, 1.54) is 18.9 Å². The first kappa shape index (κ1) is 20.9. The highest BCUT2D eigenvalue weighted by molar-refractivity contribution is 6.43. The van der Waals surface area contributed by atoms with Gasteiger partial charge in [0.25, 0.3) is 0 Å². The summed E-state index contributed by atoms with van der Waals surface area (Å²) in [6.45, 7) is 2.03. The molecule has 3 aromatic rings. The zero-order valence-electron chi connectivity index (χ0n) is 16.0. The molecule has 0 bridgehead atoms. The van der Waals surface area contributed by atoms with Crippen LogP contribution in [0.3, 0.4) is 0 Å². The number of rotatable bonds is 5. The highest BCUT2D eigenvalue weighted by Gasteiger charge is 2.15. The van der Waals surface area contributed by atoms with Crippen LogP contribution in [0.4, 0.5) is 11.4 Å². The molecular formula is C23H19Cl3N2O2. The fourth-order valence-electron chi connectivity index (χ4n) is 3.42. The van der Waals surface area contributed by atoms with Gasteiger partial charge in [-0.25, -0.2) is 0 Å². The summed E-state index contributed by atoms with van der Waals surface area (Å²) in [5.41, 5.74) is 2.34. The SMILES string of the molecule is O=C(C=Cc1ccc(-c2cccc(Cl)c2Cl)o1)Nc1ccc(N2CCCC2)c(Cl)c1. The van der Waals surface area contributed by atoms with Crippen LogP contribution in [-0.4, -0.2) is 19.0 Å². The molecule has 1 aliphatic heterocycles. The van der Waals surface area contributed by atoms with Crippen LogP contribution in [0.15, 0.2) is 59.0 Å². The molecular weight excluding hydrogens is 443 g/mol. The predicted molar refractivity (Wildman–Crippen MR) is 125 cm³/mol. The zero-order chi connectivity index (χ0) is 21.1. The van der Waals surface area contributed by atoms with Crippen molar-refractivity contribution in [3.8, 4) is 11.3 Å². The van der Waals surface area contributed by atoms with E-state index >= 15 is 0 Å². The van der Waals surface area contributed by atoms with Crippen LogP contribution >= 0.6 is 34.8 Å². The first-order valence-electron chi connectivity index (χ1n) is 9.59. The van der Waals surface area contributed by atoms with Gasteiger partial charge in [0.2, 0.25) is 5.91 Å². The standard InChI is InChI=1S/C23H19Cl3N2O2/c24-18-5-3-4-17(23(18)26)21-10-7-16(30-21)8-11-22(29)27-15-6-9-20(19(25)14-15)28-12-1-2-13-28/h3-11,14H,1-2,12-13H2,(H,27,29). The molecule has 0 atom stereocenters. The Morgan fingerprint density at radius 3 is 2.57 bits per heavy atom. The van der Waals surface area contributed by atoms with Crippen LogP contribution < -0.4 is 10.2 Å². The van der Waals surface area contributed by atoms with E-state index in [1.807, 2.05) is 18.2 Å². The Bertz CT molecular complexity index is 1100. The number of hydrogen-bond donors (Lipinski definition) is 1. The van der Waals surface area contributed by atoms with Crippen LogP contribution in [0.1, 0.15) is 18.6 Å². The van der Waals surface area contributed by atoms with Crippen molar-refractivity contribution in [1.29, 1.82) is 0 Å². The molecule has 0 aliphatic carbocycles. The molecule has 154 valence electrons. The van der Waals surface area contributed by atoms with Gasteiger partial charge in [-0.05, 0) is 61.4 Å². The Morgan fingerprint density at radius 1 is 1.00 bits per heavy atom. The van der Waals surface area contributed by atoms with E-state index in [1.54, 1.807) is 36.4 Å². The van der Waals surface area contributed by atoms with E-state index in [0.717, 1.165) is 18.8 Å². The van der Waals surface area contributed by atoms with Crippen LogP contribution in [0.25, 0.3) is 17.4 Å². The molecule has 2 aromatic carbocycles. The van der Waals surface area contributed by atoms with E-state index in [2.05, 4.69) is 10.2 Å². The van der Waals surface area contributed by atoms with Gasteiger partial charge in [0, 0.05) is 30.4 Å². The second-order valence-corrected chi connectivity index (χ2v) is 8.18. The highest BCUT2D eigenvalue weighted by atomic mass is 35.5. The summed E-state index contributed by atoms with van der Waals surface area (Å²) in [6, 6.07) is 14.5. The molecule has 30 heavy (non-hydrogen) atoms. The van der Waals surface area contributed by atoms with Gasteiger partial charge >= 0.3 is 0 Å². The van der Waals surface area contributed by atoms with E-state index in [9.17, 15) is 4.79 Å². The third-order valence-electron chi connectivity index (χ3n) is 4.90. The van der Waals surface area contributed by atoms with Crippen LogP contribution in [0.5, 0.6) is 0 Å². The number of furan rings is 1. The average molecular weight is 462 g/mol. The minimum absolute atomic E-state index is 0.279. The molecule has 4 nitrogen and oxygen atoms in total. The molecule has 2 heterocycles. The molecule has 4 rings (SSSR count). The number of nitrogens with zero attached hydrogens (tertiary/aromatic N) is 1. The fraction of sp³-hybridized carbons (Fsp3) is 0.174. The zero-order valence-corrected chi connectivity index (χ0v) is 18.3. The molecule has 7 heteroatoms. The largest absolute Gasteiger partial charge is 0.457 e. The predicted octanol–water partition coefficient (Wildman–Crippen LogP) is 7.16. The molecule has 1 saturated heterocycles. The number of benzene rings is 2. The quantitative estimate of drug-likeness (QED) is 0.410. The Balaban J connectivity index is 1.41. The van der Waals surface area contributed by atoms with Gasteiger partial charge in [0.1, 0.15) is 11.5 Å². The lowest BCUT2D eigenvalue weighted by molar-refractivity contribution is -0.111. The molecule has 1 N–H and O–H groups in total. The summed E-state index contributed by atoms with van der Waals surface area (Å²) < 4.78 is 5.76. The van der Waals surface area contributed by atoms with Crippen molar-refractivity contribution in [1.82, 2.24) is 0 Å². The third kappa shape index (κ3) is 4.67. The molecule has 1 fully saturated rings. The number of halogens is 3. The minimum atomic E-state index is -0.279. The van der Waals surface area contributed by atoms with Crippen molar-refractivity contribution in [3.05, 3.63) is 75.4 Å². The summed E-state index contributed by atoms with van der Waals surface area (Å²) in [5.74, 6) is 0.823. The first-order valence-corrected chi connectivity index (χ1v) is 10.7. The number of nitrogens with one attached hydrogen (secondary N) is 1. The van der Waals surface area contributed by atoms with Gasteiger partial charge in [-0.15, -0.1) is 0 Å². The normalized spacial score (nSPS) is 13.9. The summed E-state index contributed by atoms with van der Waals surface area (Å²) in [6.07, 6.45) is 5.36. The average Bonchev–Trinajstić information content (AvgIpc) is 3.41. The van der Waals surface area contributed by atoms with Crippen LogP contribution in [0, 0.1) is 0 Å². The second kappa shape index (κ2) is 9.17. The molecule has 1 aliphatic rings. The summed E-state index contributed by atoms with van der Waals surface area (Å²) in [5, 5.41) is 4.33. The van der Waals surface area contributed by atoms with Crippen molar-refractivity contribution < 1.29 is 9.21 Å². The van der Waals surface area contributed by atoms with Gasteiger partial charge in [0.15, 0.2) is 0 Å². The van der Waals surface area contributed by atoms with Gasteiger partial charge in [-0.1, -0.05) is 40.9 Å². The molecule has 0 spiro atoms. The van der Waals surface area contributed by atoms with Crippen molar-refractivity contribution in [2.45, 2.75) is 12.8 Å². The van der Waals surface area contributed by atoms with Crippen LogP contribution in [0.2, 0.25) is 15.1 Å². The number of carbonyl (C=O) groups excluding carboxylic acids is 1. The summed E-state index contributed by atoms with van der Waals surface area (Å²) >= 11 is 18.7. The fourth-order valence-corrected chi connectivity index (χ4v) is 4.12. The van der Waals surface area contributed by atoms with Crippen molar-refractivity contribution in [2.24, 2.45) is 0 Å². The lowest BCUT2D eigenvalue weighted by Gasteiger charge is -2.19. The highest BCUT2D eigenvalue weighted by Crippen LogP contribution is 2.34. The number of amides is 1. The smallest absolute Gasteiger partial charge is 0.248 e. The maximum absolute atomic E-state index is 12.3. The molecule has 1 amide bonds. The van der Waals surface area contributed by atoms with E-state index in [0.29, 0.717) is 37.8 Å². The van der Waals surface area contributed by atoms with Gasteiger partial charge in [-0.3, -0.25) is 4.79 Å². The Kier molecular flexibility index (Phi) is 6.38. The minimum Gasteiger partial charge on any atom is -0.457 e. The number of carbonyl (C=O) groups is 1. The van der Waals surface area contributed by atoms with Crippen LogP contribution in [-0.2, 0) is 4.79 Å². The monoisotopic (exact) mass is 460 g/mol. The Labute approximate surface area is 190 Å². The lowest BCUT2D eigenvalue weighted by atomic mass is 10.2. The van der Waals surface area contributed by atoms with Gasteiger partial charge in [-0.2, -0.15) is 0 Å². The maximum atomic E-state index is 12.3. The third-order valence-corrected chi connectivity index (χ3v) is 6.03. The molecule has 0 radical (unpaired) electrons. The van der Waals surface area contributed by atoms with Crippen molar-refractivity contribution in [3.63, 3.8) is 0 Å². The number of anilines is 2. The lowest BCUT2D eigenvalue weighted by Crippen LogP contribution is -2.18. The van der Waals surface area contributed by atoms with E-state index < -0.39 is 0 Å². The first-order chi connectivity index (χ1) is 14.5. The van der Waals surface area contributed by atoms with Gasteiger partial charge < -0.3 is 14.6 Å². The van der Waals surface area contributed by atoms with Gasteiger partial charge in [0.05, 0.1) is 20.8 Å². The molecule has 0 saturated carbocycles. The maximum Gasteiger partial charge on any atom is 0.248 e. The van der Waals surface area contributed by atoms with E-state index in [4.69, 9.17) is 39.2 Å². The van der Waals surface area contributed by atoms with E-state index in [-0.39, 0.29) is 5.91 Å². The number of hydrogen-bond acceptors (Lipinski definition) is 3. The summed E-state index contributed by atoms with van der Waals surface area (Å²) in [7, 11) is 0. The molecule has 0 unspecified atom stereocenters. The Hall–Kier alpha value is -2.40. The van der Waals surface area contributed by atoms with Crippen molar-refractivity contribution in [2.75, 3.05) is 23.3 Å². The topological polar surface area (TPSA) is 45.5 Å². The summed E-state index contributed by atoms with van der Waals surface area (Å²) in [4.78, 5) is 14.5. The molecule has 1 aromatic heterocycles. The second-order valence-electron chi connectivity index (χ2n) is 6.99. The Morgan fingerprint density at radius 2 is 1.80 bits per heavy atom.